The summed E-state index contributed by atoms with van der Waals surface area (Å²) >= 11 is 0. The van der Waals surface area contributed by atoms with Gasteiger partial charge in [0.2, 0.25) is 0 Å². The smallest absolute Gasteiger partial charge is 0.410 e. The van der Waals surface area contributed by atoms with E-state index in [0.717, 1.165) is 32.7 Å². The fourth-order valence-electron chi connectivity index (χ4n) is 4.80. The highest BCUT2D eigenvalue weighted by molar-refractivity contribution is 7.87. The van der Waals surface area contributed by atoms with Crippen LogP contribution in [0.5, 0.6) is 0 Å². The van der Waals surface area contributed by atoms with E-state index < -0.39 is 10.2 Å². The molecule has 0 saturated carbocycles. The number of nitrogens with zero attached hydrogens (tertiary/aromatic N) is 4. The van der Waals surface area contributed by atoms with Crippen LogP contribution in [0.1, 0.15) is 48.5 Å². The van der Waals surface area contributed by atoms with Crippen molar-refractivity contribution in [3.63, 3.8) is 0 Å². The maximum Gasteiger partial charge on any atom is 0.410 e. The first-order valence-corrected chi connectivity index (χ1v) is 12.2. The fourth-order valence-corrected chi connectivity index (χ4v) is 6.70. The van der Waals surface area contributed by atoms with Crippen molar-refractivity contribution in [1.82, 2.24) is 23.7 Å². The molecule has 0 radical (unpaired) electrons. The number of piperazine rings is 2. The van der Waals surface area contributed by atoms with Crippen molar-refractivity contribution in [2.24, 2.45) is 0 Å². The van der Waals surface area contributed by atoms with E-state index in [2.05, 4.69) is 42.3 Å². The molecule has 4 saturated heterocycles. The minimum absolute atomic E-state index is 0.0282. The molecule has 30 heavy (non-hydrogen) atoms. The topological polar surface area (TPSA) is 85.4 Å². The fraction of sp³-hybridized carbons (Fsp3) is 0.950. The molecule has 0 aromatic rings. The zero-order valence-corrected chi connectivity index (χ0v) is 20.5. The molecule has 2 atom stereocenters. The summed E-state index contributed by atoms with van der Waals surface area (Å²) in [7, 11) is -1.19. The molecule has 4 rings (SSSR count). The third-order valence-corrected chi connectivity index (χ3v) is 8.62. The molecule has 0 bridgehead atoms. The summed E-state index contributed by atoms with van der Waals surface area (Å²) in [5.41, 5.74) is -0.622. The van der Waals surface area contributed by atoms with E-state index in [9.17, 15) is 13.2 Å². The summed E-state index contributed by atoms with van der Waals surface area (Å²) in [6, 6.07) is 0.249. The third kappa shape index (κ3) is 4.48. The van der Waals surface area contributed by atoms with Crippen LogP contribution < -0.4 is 4.72 Å². The second-order valence-electron chi connectivity index (χ2n) is 11.0. The van der Waals surface area contributed by atoms with Gasteiger partial charge in [-0.05, 0) is 55.5 Å². The molecule has 2 unspecified atom stereocenters. The minimum Gasteiger partial charge on any atom is -0.441 e. The number of ether oxygens (including phenoxy) is 1. The number of hydrogen-bond acceptors (Lipinski definition) is 6. The first-order chi connectivity index (χ1) is 13.5. The lowest BCUT2D eigenvalue weighted by molar-refractivity contribution is 0.0467. The van der Waals surface area contributed by atoms with Gasteiger partial charge in [0.25, 0.3) is 10.2 Å². The lowest BCUT2D eigenvalue weighted by atomic mass is 9.92. The van der Waals surface area contributed by atoms with Gasteiger partial charge in [0.1, 0.15) is 5.60 Å². The van der Waals surface area contributed by atoms with E-state index >= 15 is 0 Å². The molecular formula is C20H39N5O4S. The number of carbonyl (C=O) groups excluding carboxylic acids is 1. The second-order valence-corrected chi connectivity index (χ2v) is 12.6. The van der Waals surface area contributed by atoms with Crippen LogP contribution in [0.3, 0.4) is 0 Å². The number of amides is 1. The van der Waals surface area contributed by atoms with Crippen molar-refractivity contribution in [2.45, 2.75) is 77.2 Å². The highest BCUT2D eigenvalue weighted by atomic mass is 32.2. The summed E-state index contributed by atoms with van der Waals surface area (Å²) in [4.78, 5) is 17.9. The molecule has 0 aromatic carbocycles. The predicted molar refractivity (Wildman–Crippen MR) is 117 cm³/mol. The van der Waals surface area contributed by atoms with Crippen LogP contribution >= 0.6 is 0 Å². The monoisotopic (exact) mass is 445 g/mol. The van der Waals surface area contributed by atoms with Crippen molar-refractivity contribution in [3.8, 4) is 0 Å². The van der Waals surface area contributed by atoms with Gasteiger partial charge in [0.15, 0.2) is 0 Å². The van der Waals surface area contributed by atoms with E-state index in [1.807, 2.05) is 32.6 Å². The van der Waals surface area contributed by atoms with Crippen molar-refractivity contribution in [1.29, 1.82) is 0 Å². The maximum absolute atomic E-state index is 12.0. The number of nitrogens with one attached hydrogen (secondary N) is 1. The van der Waals surface area contributed by atoms with Gasteiger partial charge in [-0.15, -0.1) is 0 Å². The molecule has 10 heteroatoms. The lowest BCUT2D eigenvalue weighted by Gasteiger charge is -2.45. The van der Waals surface area contributed by atoms with E-state index in [-0.39, 0.29) is 34.9 Å². The molecular weight excluding hydrogens is 406 g/mol. The molecule has 9 nitrogen and oxygen atoms in total. The zero-order valence-electron chi connectivity index (χ0n) is 19.7. The predicted octanol–water partition coefficient (Wildman–Crippen LogP) is 0.929. The molecule has 0 aromatic heterocycles. The van der Waals surface area contributed by atoms with Crippen molar-refractivity contribution >= 4 is 16.3 Å². The SMILES string of the molecule is CC1(C)NS(=O)(=O)N2CCN(C(C)(C)C)CC21.CN1CCN2C(=O)OC(C)(C)C2C1. The molecule has 1 amide bonds. The van der Waals surface area contributed by atoms with Gasteiger partial charge in [0, 0.05) is 50.3 Å². The summed E-state index contributed by atoms with van der Waals surface area (Å²) in [5.74, 6) is 0. The molecule has 0 aliphatic carbocycles. The molecule has 4 heterocycles. The van der Waals surface area contributed by atoms with Crippen molar-refractivity contribution in [3.05, 3.63) is 0 Å². The highest BCUT2D eigenvalue weighted by Crippen LogP contribution is 2.33. The summed E-state index contributed by atoms with van der Waals surface area (Å²) in [5, 5.41) is 0. The Morgan fingerprint density at radius 2 is 1.63 bits per heavy atom. The van der Waals surface area contributed by atoms with Crippen LogP contribution in [0.25, 0.3) is 0 Å². The molecule has 0 spiro atoms. The van der Waals surface area contributed by atoms with Gasteiger partial charge in [-0.1, -0.05) is 0 Å². The van der Waals surface area contributed by atoms with Gasteiger partial charge < -0.3 is 9.64 Å². The Morgan fingerprint density at radius 3 is 2.23 bits per heavy atom. The van der Waals surface area contributed by atoms with Crippen molar-refractivity contribution < 1.29 is 17.9 Å². The Labute approximate surface area is 181 Å². The normalized spacial score (nSPS) is 33.3. The Morgan fingerprint density at radius 1 is 1.00 bits per heavy atom. The molecule has 174 valence electrons. The number of cyclic esters (lactones) is 1. The maximum atomic E-state index is 12.0. The zero-order chi connectivity index (χ0) is 22.7. The quantitative estimate of drug-likeness (QED) is 0.597. The standard InChI is InChI=1S/C11H23N3O2S.C9H16N2O2/c1-10(2,3)13-6-7-14-9(8-13)11(4,5)12-17(14,15)16;1-9(2)7-6-10(3)4-5-11(7)8(12)13-9/h9,12H,6-8H2,1-5H3;7H,4-6H2,1-3H3. The highest BCUT2D eigenvalue weighted by Gasteiger charge is 2.52. The Bertz CT molecular complexity index is 777. The van der Waals surface area contributed by atoms with Crippen LogP contribution in [0.2, 0.25) is 0 Å². The number of fused-ring (bicyclic) bond motifs is 2. The molecule has 1 N–H and O–H groups in total. The Balaban J connectivity index is 0.000000177. The molecule has 4 fully saturated rings. The van der Waals surface area contributed by atoms with E-state index in [4.69, 9.17) is 4.74 Å². The average molecular weight is 446 g/mol. The minimum atomic E-state index is -3.27. The first-order valence-electron chi connectivity index (χ1n) is 10.8. The van der Waals surface area contributed by atoms with E-state index in [1.54, 1.807) is 4.31 Å². The third-order valence-electron chi connectivity index (χ3n) is 6.78. The Kier molecular flexibility index (Phi) is 5.99. The van der Waals surface area contributed by atoms with Gasteiger partial charge in [-0.25, -0.2) is 4.79 Å². The van der Waals surface area contributed by atoms with Gasteiger partial charge in [-0.3, -0.25) is 9.80 Å². The largest absolute Gasteiger partial charge is 0.441 e. The van der Waals surface area contributed by atoms with Crippen LogP contribution in [0.15, 0.2) is 0 Å². The lowest BCUT2D eigenvalue weighted by Crippen LogP contribution is -2.60. The number of carbonyl (C=O) groups is 1. The molecule has 4 aliphatic heterocycles. The second kappa shape index (κ2) is 7.58. The van der Waals surface area contributed by atoms with Crippen LogP contribution in [-0.2, 0) is 14.9 Å². The van der Waals surface area contributed by atoms with Gasteiger partial charge in [-0.2, -0.15) is 17.4 Å². The average Bonchev–Trinajstić information content (AvgIpc) is 2.92. The van der Waals surface area contributed by atoms with Gasteiger partial charge >= 0.3 is 6.09 Å². The van der Waals surface area contributed by atoms with E-state index in [0.29, 0.717) is 6.54 Å². The van der Waals surface area contributed by atoms with E-state index in [1.165, 1.54) is 0 Å². The number of hydrogen-bond donors (Lipinski definition) is 1. The summed E-state index contributed by atoms with van der Waals surface area (Å²) < 4.78 is 33.6. The molecule has 4 aliphatic rings. The first kappa shape index (κ1) is 23.7. The summed E-state index contributed by atoms with van der Waals surface area (Å²) in [6.07, 6.45) is -0.150. The van der Waals surface area contributed by atoms with Crippen LogP contribution in [-0.4, -0.2) is 109 Å². The van der Waals surface area contributed by atoms with Crippen molar-refractivity contribution in [2.75, 3.05) is 46.3 Å². The number of rotatable bonds is 0. The van der Waals surface area contributed by atoms with Crippen LogP contribution in [0, 0.1) is 0 Å². The summed E-state index contributed by atoms with van der Waals surface area (Å²) in [6.45, 7) is 19.2. The Hall–Kier alpha value is -0.940. The van der Waals surface area contributed by atoms with Crippen LogP contribution in [0.4, 0.5) is 4.79 Å². The number of likely N-dealkylation sites (N-methyl/N-ethyl adjacent to an activating group) is 1. The van der Waals surface area contributed by atoms with Gasteiger partial charge in [0.05, 0.1) is 12.1 Å².